The molecule has 1 heterocycles. The van der Waals surface area contributed by atoms with E-state index in [1.165, 1.54) is 7.11 Å². The predicted octanol–water partition coefficient (Wildman–Crippen LogP) is 3.30. The zero-order valence-electron chi connectivity index (χ0n) is 10.8. The third kappa shape index (κ3) is 3.36. The summed E-state index contributed by atoms with van der Waals surface area (Å²) in [5, 5.41) is 3.01. The van der Waals surface area contributed by atoms with Crippen LogP contribution in [-0.4, -0.2) is 25.6 Å². The van der Waals surface area contributed by atoms with E-state index in [1.54, 1.807) is 0 Å². The number of nitrogens with one attached hydrogen (secondary N) is 1. The molecule has 1 aromatic rings. The molecule has 4 nitrogen and oxygen atoms in total. The molecule has 1 aromatic heterocycles. The van der Waals surface area contributed by atoms with Crippen LogP contribution in [0.3, 0.4) is 0 Å². The highest BCUT2D eigenvalue weighted by atomic mass is 32.1. The van der Waals surface area contributed by atoms with Crippen molar-refractivity contribution in [2.24, 2.45) is 5.92 Å². The second kappa shape index (κ2) is 5.51. The van der Waals surface area contributed by atoms with E-state index < -0.39 is 12.6 Å². The van der Waals surface area contributed by atoms with Gasteiger partial charge in [0.1, 0.15) is 5.00 Å². The number of Topliss-reactive ketones (excluding diaryl/α,β-unsaturated/α-hetero) is 1. The Kier molecular flexibility index (Phi) is 4.12. The van der Waals surface area contributed by atoms with Crippen LogP contribution in [0, 0.1) is 5.92 Å². The zero-order valence-corrected chi connectivity index (χ0v) is 11.7. The standard InChI is InChI=1S/C12H15F3N2O2S/c1-19-9-7(16)10(8(18)6-2-3-6)20-11(9)17-5-4-12(13,14)15/h6,17H,2-5,16H2,1H3. The molecule has 0 aromatic carbocycles. The number of ketones is 1. The van der Waals surface area contributed by atoms with Gasteiger partial charge in [0.25, 0.3) is 0 Å². The fourth-order valence-corrected chi connectivity index (χ4v) is 2.91. The van der Waals surface area contributed by atoms with Crippen molar-refractivity contribution in [1.29, 1.82) is 0 Å². The summed E-state index contributed by atoms with van der Waals surface area (Å²) in [6, 6.07) is 0. The Morgan fingerprint density at radius 3 is 2.65 bits per heavy atom. The van der Waals surface area contributed by atoms with Crippen molar-refractivity contribution in [2.45, 2.75) is 25.4 Å². The molecule has 20 heavy (non-hydrogen) atoms. The number of methoxy groups -OCH3 is 1. The number of hydrogen-bond donors (Lipinski definition) is 2. The number of ether oxygens (including phenoxy) is 1. The average molecular weight is 308 g/mol. The van der Waals surface area contributed by atoms with E-state index in [9.17, 15) is 18.0 Å². The number of rotatable bonds is 6. The van der Waals surface area contributed by atoms with Gasteiger partial charge in [-0.1, -0.05) is 0 Å². The first kappa shape index (κ1) is 15.0. The first-order chi connectivity index (χ1) is 9.33. The van der Waals surface area contributed by atoms with Crippen molar-refractivity contribution in [3.8, 4) is 5.75 Å². The molecule has 1 saturated carbocycles. The molecule has 8 heteroatoms. The third-order valence-electron chi connectivity index (χ3n) is 2.97. The summed E-state index contributed by atoms with van der Waals surface area (Å²) in [4.78, 5) is 12.4. The Balaban J connectivity index is 2.11. The van der Waals surface area contributed by atoms with Crippen LogP contribution in [0.4, 0.5) is 23.9 Å². The molecule has 0 unspecified atom stereocenters. The minimum Gasteiger partial charge on any atom is -0.492 e. The van der Waals surface area contributed by atoms with Gasteiger partial charge in [-0.3, -0.25) is 4.79 Å². The van der Waals surface area contributed by atoms with Crippen LogP contribution in [0.1, 0.15) is 28.9 Å². The van der Waals surface area contributed by atoms with Crippen molar-refractivity contribution < 1.29 is 22.7 Å². The lowest BCUT2D eigenvalue weighted by molar-refractivity contribution is -0.131. The van der Waals surface area contributed by atoms with Gasteiger partial charge in [0.15, 0.2) is 11.5 Å². The SMILES string of the molecule is COc1c(NCCC(F)(F)F)sc(C(=O)C2CC2)c1N. The number of thiophene rings is 1. The van der Waals surface area contributed by atoms with Gasteiger partial charge in [-0.2, -0.15) is 13.2 Å². The van der Waals surface area contributed by atoms with E-state index >= 15 is 0 Å². The molecule has 1 fully saturated rings. The lowest BCUT2D eigenvalue weighted by atomic mass is 10.2. The fraction of sp³-hybridized carbons (Fsp3) is 0.583. The average Bonchev–Trinajstić information content (AvgIpc) is 3.13. The predicted molar refractivity (Wildman–Crippen MR) is 71.5 cm³/mol. The van der Waals surface area contributed by atoms with Gasteiger partial charge in [-0.15, -0.1) is 11.3 Å². The van der Waals surface area contributed by atoms with E-state index in [1.807, 2.05) is 0 Å². The molecule has 0 spiro atoms. The molecule has 0 radical (unpaired) electrons. The number of carbonyl (C=O) groups is 1. The Bertz CT molecular complexity index is 510. The van der Waals surface area contributed by atoms with Gasteiger partial charge >= 0.3 is 6.18 Å². The number of anilines is 2. The van der Waals surface area contributed by atoms with Crippen molar-refractivity contribution in [1.82, 2.24) is 0 Å². The van der Waals surface area contributed by atoms with Crippen LogP contribution in [0.15, 0.2) is 0 Å². The molecular weight excluding hydrogens is 293 g/mol. The summed E-state index contributed by atoms with van der Waals surface area (Å²) in [6.07, 6.45) is -3.50. The number of hydrogen-bond acceptors (Lipinski definition) is 5. The molecular formula is C12H15F3N2O2S. The topological polar surface area (TPSA) is 64.3 Å². The first-order valence-corrected chi connectivity index (χ1v) is 6.96. The molecule has 2 rings (SSSR count). The maximum atomic E-state index is 12.1. The minimum atomic E-state index is -4.23. The van der Waals surface area contributed by atoms with E-state index in [2.05, 4.69) is 5.32 Å². The molecule has 1 aliphatic rings. The third-order valence-corrected chi connectivity index (χ3v) is 4.13. The first-order valence-electron chi connectivity index (χ1n) is 6.14. The number of nitrogen functional groups attached to an aromatic ring is 1. The zero-order chi connectivity index (χ0) is 14.9. The monoisotopic (exact) mass is 308 g/mol. The Morgan fingerprint density at radius 1 is 1.50 bits per heavy atom. The van der Waals surface area contributed by atoms with Crippen LogP contribution >= 0.6 is 11.3 Å². The summed E-state index contributed by atoms with van der Waals surface area (Å²) in [7, 11) is 1.37. The normalized spacial score (nSPS) is 15.2. The molecule has 112 valence electrons. The maximum Gasteiger partial charge on any atom is 0.390 e. The van der Waals surface area contributed by atoms with Crippen molar-refractivity contribution in [2.75, 3.05) is 24.7 Å². The quantitative estimate of drug-likeness (QED) is 0.792. The smallest absolute Gasteiger partial charge is 0.390 e. The van der Waals surface area contributed by atoms with Crippen molar-refractivity contribution >= 4 is 27.8 Å². The van der Waals surface area contributed by atoms with Gasteiger partial charge in [0.2, 0.25) is 0 Å². The molecule has 0 bridgehead atoms. The van der Waals surface area contributed by atoms with Crippen LogP contribution in [0.2, 0.25) is 0 Å². The van der Waals surface area contributed by atoms with E-state index in [0.717, 1.165) is 24.2 Å². The number of carbonyl (C=O) groups excluding carboxylic acids is 1. The summed E-state index contributed by atoms with van der Waals surface area (Å²) in [5.74, 6) is 0.208. The largest absolute Gasteiger partial charge is 0.492 e. The Hall–Kier alpha value is -1.44. The molecule has 3 N–H and O–H groups in total. The number of nitrogens with two attached hydrogens (primary N) is 1. The highest BCUT2D eigenvalue weighted by Gasteiger charge is 2.34. The van der Waals surface area contributed by atoms with Gasteiger partial charge in [-0.25, -0.2) is 0 Å². The summed E-state index contributed by atoms with van der Waals surface area (Å²) in [6.45, 7) is -0.281. The minimum absolute atomic E-state index is 0.00341. The number of alkyl halides is 3. The molecule has 0 amide bonds. The second-order valence-electron chi connectivity index (χ2n) is 4.64. The Morgan fingerprint density at radius 2 is 2.15 bits per heavy atom. The lowest BCUT2D eigenvalue weighted by Crippen LogP contribution is -2.14. The second-order valence-corrected chi connectivity index (χ2v) is 5.66. The maximum absolute atomic E-state index is 12.1. The molecule has 0 atom stereocenters. The molecule has 0 saturated heterocycles. The van der Waals surface area contributed by atoms with E-state index in [4.69, 9.17) is 10.5 Å². The Labute approximate surface area is 118 Å². The van der Waals surface area contributed by atoms with Crippen LogP contribution < -0.4 is 15.8 Å². The van der Waals surface area contributed by atoms with E-state index in [0.29, 0.717) is 9.88 Å². The molecule has 0 aliphatic heterocycles. The summed E-state index contributed by atoms with van der Waals surface area (Å²) in [5.41, 5.74) is 6.05. The van der Waals surface area contributed by atoms with Gasteiger partial charge in [-0.05, 0) is 12.8 Å². The highest BCUT2D eigenvalue weighted by molar-refractivity contribution is 7.19. The fourth-order valence-electron chi connectivity index (χ4n) is 1.78. The van der Waals surface area contributed by atoms with E-state index in [-0.39, 0.29) is 29.7 Å². The van der Waals surface area contributed by atoms with Crippen LogP contribution in [-0.2, 0) is 0 Å². The van der Waals surface area contributed by atoms with Crippen molar-refractivity contribution in [3.63, 3.8) is 0 Å². The summed E-state index contributed by atoms with van der Waals surface area (Å²) < 4.78 is 41.4. The van der Waals surface area contributed by atoms with Crippen LogP contribution in [0.5, 0.6) is 5.75 Å². The van der Waals surface area contributed by atoms with Crippen LogP contribution in [0.25, 0.3) is 0 Å². The molecule has 1 aliphatic carbocycles. The van der Waals surface area contributed by atoms with Crippen molar-refractivity contribution in [3.05, 3.63) is 4.88 Å². The number of halogens is 3. The summed E-state index contributed by atoms with van der Waals surface area (Å²) >= 11 is 1.06. The van der Waals surface area contributed by atoms with Gasteiger partial charge in [0.05, 0.1) is 24.1 Å². The lowest BCUT2D eigenvalue weighted by Gasteiger charge is -2.08. The highest BCUT2D eigenvalue weighted by Crippen LogP contribution is 2.46. The van der Waals surface area contributed by atoms with Gasteiger partial charge in [0, 0.05) is 12.5 Å². The van der Waals surface area contributed by atoms with Gasteiger partial charge < -0.3 is 15.8 Å².